The van der Waals surface area contributed by atoms with Crippen LogP contribution in [0.5, 0.6) is 0 Å². The van der Waals surface area contributed by atoms with Gasteiger partial charge in [-0.05, 0) is 18.7 Å². The van der Waals surface area contributed by atoms with E-state index in [-0.39, 0.29) is 10.7 Å². The van der Waals surface area contributed by atoms with Gasteiger partial charge in [0.15, 0.2) is 0 Å². The Labute approximate surface area is 91.8 Å². The molecule has 0 aliphatic rings. The van der Waals surface area contributed by atoms with Gasteiger partial charge in [-0.1, -0.05) is 17.7 Å². The van der Waals surface area contributed by atoms with Crippen molar-refractivity contribution in [3.8, 4) is 0 Å². The molecule has 1 atom stereocenters. The Morgan fingerprint density at radius 3 is 2.87 bits per heavy atom. The number of nitrogens with zero attached hydrogens (tertiary/aromatic N) is 1. The third kappa shape index (κ3) is 2.89. The topological polar surface area (TPSA) is 75.4 Å². The van der Waals surface area contributed by atoms with Gasteiger partial charge in [-0.25, -0.2) is 0 Å². The van der Waals surface area contributed by atoms with Gasteiger partial charge in [0.2, 0.25) is 0 Å². The second kappa shape index (κ2) is 5.06. The molecule has 0 radical (unpaired) electrons. The van der Waals surface area contributed by atoms with Crippen LogP contribution in [0.15, 0.2) is 18.2 Å². The van der Waals surface area contributed by atoms with Crippen LogP contribution in [0.1, 0.15) is 11.7 Å². The minimum Gasteiger partial charge on any atom is -0.387 e. The van der Waals surface area contributed by atoms with Crippen LogP contribution in [0, 0.1) is 10.1 Å². The zero-order valence-corrected chi connectivity index (χ0v) is 8.86. The molecular formula is C9H11ClN2O3. The lowest BCUT2D eigenvalue weighted by Crippen LogP contribution is -2.16. The molecule has 1 unspecified atom stereocenters. The molecule has 1 aromatic rings. The number of nitrogens with one attached hydrogen (secondary N) is 1. The third-order valence-electron chi connectivity index (χ3n) is 1.95. The predicted octanol–water partition coefficient (Wildman–Crippen LogP) is 1.50. The third-order valence-corrected chi connectivity index (χ3v) is 2.27. The van der Waals surface area contributed by atoms with Gasteiger partial charge in [-0.3, -0.25) is 10.1 Å². The van der Waals surface area contributed by atoms with Crippen LogP contribution in [0.3, 0.4) is 0 Å². The lowest BCUT2D eigenvalue weighted by atomic mass is 10.1. The standard InChI is InChI=1S/C9H11ClN2O3/c1-11-5-9(13)6-2-3-7(10)8(4-6)12(14)15/h2-4,9,11,13H,5H2,1H3. The average molecular weight is 231 g/mol. The number of hydrogen-bond acceptors (Lipinski definition) is 4. The number of rotatable bonds is 4. The van der Waals surface area contributed by atoms with E-state index in [1.54, 1.807) is 13.1 Å². The summed E-state index contributed by atoms with van der Waals surface area (Å²) in [5.74, 6) is 0. The number of halogens is 1. The quantitative estimate of drug-likeness (QED) is 0.607. The van der Waals surface area contributed by atoms with Crippen LogP contribution in [-0.4, -0.2) is 23.6 Å². The molecule has 1 aromatic carbocycles. The maximum absolute atomic E-state index is 10.6. The van der Waals surface area contributed by atoms with Crippen LogP contribution in [0.4, 0.5) is 5.69 Å². The molecule has 0 heterocycles. The van der Waals surface area contributed by atoms with E-state index in [9.17, 15) is 15.2 Å². The summed E-state index contributed by atoms with van der Waals surface area (Å²) in [5.41, 5.74) is 0.282. The first kappa shape index (κ1) is 11.9. The molecule has 5 nitrogen and oxygen atoms in total. The van der Waals surface area contributed by atoms with Crippen molar-refractivity contribution in [3.63, 3.8) is 0 Å². The number of likely N-dealkylation sites (N-methyl/N-ethyl adjacent to an activating group) is 1. The Hall–Kier alpha value is -1.17. The van der Waals surface area contributed by atoms with E-state index in [4.69, 9.17) is 11.6 Å². The Morgan fingerprint density at radius 2 is 2.33 bits per heavy atom. The van der Waals surface area contributed by atoms with E-state index in [2.05, 4.69) is 5.32 Å². The van der Waals surface area contributed by atoms with Crippen LogP contribution in [0.25, 0.3) is 0 Å². The number of aliphatic hydroxyl groups excluding tert-OH is 1. The molecule has 0 bridgehead atoms. The van der Waals surface area contributed by atoms with Crippen molar-refractivity contribution in [2.45, 2.75) is 6.10 Å². The van der Waals surface area contributed by atoms with Crippen LogP contribution < -0.4 is 5.32 Å². The summed E-state index contributed by atoms with van der Waals surface area (Å²) >= 11 is 5.63. The molecular weight excluding hydrogens is 220 g/mol. The lowest BCUT2D eigenvalue weighted by molar-refractivity contribution is -0.384. The summed E-state index contributed by atoms with van der Waals surface area (Å²) < 4.78 is 0. The van der Waals surface area contributed by atoms with Gasteiger partial charge in [0, 0.05) is 12.6 Å². The van der Waals surface area contributed by atoms with E-state index in [0.717, 1.165) is 0 Å². The van der Waals surface area contributed by atoms with E-state index < -0.39 is 11.0 Å². The predicted molar refractivity (Wildman–Crippen MR) is 57.0 cm³/mol. The molecule has 0 aromatic heterocycles. The Bertz CT molecular complexity index is 370. The van der Waals surface area contributed by atoms with Gasteiger partial charge >= 0.3 is 0 Å². The van der Waals surface area contributed by atoms with Crippen LogP contribution in [-0.2, 0) is 0 Å². The van der Waals surface area contributed by atoms with Gasteiger partial charge in [0.1, 0.15) is 5.02 Å². The Morgan fingerprint density at radius 1 is 1.67 bits per heavy atom. The highest BCUT2D eigenvalue weighted by atomic mass is 35.5. The maximum Gasteiger partial charge on any atom is 0.288 e. The molecule has 0 saturated heterocycles. The monoisotopic (exact) mass is 230 g/mol. The van der Waals surface area contributed by atoms with Crippen molar-refractivity contribution in [1.29, 1.82) is 0 Å². The van der Waals surface area contributed by atoms with Gasteiger partial charge < -0.3 is 10.4 Å². The molecule has 0 aliphatic heterocycles. The number of aliphatic hydroxyl groups is 1. The SMILES string of the molecule is CNCC(O)c1ccc(Cl)c([N+](=O)[O-])c1. The van der Waals surface area contributed by atoms with Crippen molar-refractivity contribution in [2.24, 2.45) is 0 Å². The van der Waals surface area contributed by atoms with Crippen molar-refractivity contribution >= 4 is 17.3 Å². The summed E-state index contributed by atoms with van der Waals surface area (Å²) in [7, 11) is 1.69. The van der Waals surface area contributed by atoms with Gasteiger partial charge in [0.05, 0.1) is 11.0 Å². The van der Waals surface area contributed by atoms with E-state index in [0.29, 0.717) is 12.1 Å². The van der Waals surface area contributed by atoms with Crippen molar-refractivity contribution in [3.05, 3.63) is 38.9 Å². The first-order valence-corrected chi connectivity index (χ1v) is 4.70. The summed E-state index contributed by atoms with van der Waals surface area (Å²) in [6, 6.07) is 4.26. The van der Waals surface area contributed by atoms with Crippen molar-refractivity contribution < 1.29 is 10.0 Å². The van der Waals surface area contributed by atoms with Crippen LogP contribution in [0.2, 0.25) is 5.02 Å². The molecule has 0 amide bonds. The van der Waals surface area contributed by atoms with Gasteiger partial charge in [-0.2, -0.15) is 0 Å². The molecule has 0 aliphatic carbocycles. The number of nitro groups is 1. The molecule has 0 spiro atoms. The molecule has 82 valence electrons. The maximum atomic E-state index is 10.6. The smallest absolute Gasteiger partial charge is 0.288 e. The Kier molecular flexibility index (Phi) is 4.02. The molecule has 6 heteroatoms. The first-order chi connectivity index (χ1) is 7.06. The summed E-state index contributed by atoms with van der Waals surface area (Å²) in [6.45, 7) is 0.332. The van der Waals surface area contributed by atoms with E-state index in [1.807, 2.05) is 0 Å². The molecule has 15 heavy (non-hydrogen) atoms. The molecule has 0 saturated carbocycles. The highest BCUT2D eigenvalue weighted by molar-refractivity contribution is 6.32. The zero-order valence-electron chi connectivity index (χ0n) is 8.11. The fraction of sp³-hybridized carbons (Fsp3) is 0.333. The van der Waals surface area contributed by atoms with Crippen LogP contribution >= 0.6 is 11.6 Å². The summed E-state index contributed by atoms with van der Waals surface area (Å²) in [6.07, 6.45) is -0.772. The minimum atomic E-state index is -0.772. The summed E-state index contributed by atoms with van der Waals surface area (Å²) in [4.78, 5) is 10.0. The normalized spacial score (nSPS) is 12.5. The average Bonchev–Trinajstić information content (AvgIpc) is 2.18. The molecule has 2 N–H and O–H groups in total. The van der Waals surface area contributed by atoms with Gasteiger partial charge in [0.25, 0.3) is 5.69 Å². The highest BCUT2D eigenvalue weighted by Gasteiger charge is 2.15. The second-order valence-corrected chi connectivity index (χ2v) is 3.45. The Balaban J connectivity index is 3.02. The highest BCUT2D eigenvalue weighted by Crippen LogP contribution is 2.27. The number of hydrogen-bond donors (Lipinski definition) is 2. The first-order valence-electron chi connectivity index (χ1n) is 4.32. The number of nitro benzene ring substituents is 1. The fourth-order valence-corrected chi connectivity index (χ4v) is 1.37. The second-order valence-electron chi connectivity index (χ2n) is 3.04. The molecule has 1 rings (SSSR count). The fourth-order valence-electron chi connectivity index (χ4n) is 1.19. The summed E-state index contributed by atoms with van der Waals surface area (Å²) in [5, 5.41) is 23.0. The minimum absolute atomic E-state index is 0.0698. The number of benzene rings is 1. The molecule has 0 fully saturated rings. The van der Waals surface area contributed by atoms with E-state index >= 15 is 0 Å². The zero-order chi connectivity index (χ0) is 11.4. The largest absolute Gasteiger partial charge is 0.387 e. The van der Waals surface area contributed by atoms with Crippen molar-refractivity contribution in [2.75, 3.05) is 13.6 Å². The van der Waals surface area contributed by atoms with Gasteiger partial charge in [-0.15, -0.1) is 0 Å². The van der Waals surface area contributed by atoms with Crippen molar-refractivity contribution in [1.82, 2.24) is 5.32 Å². The van der Waals surface area contributed by atoms with E-state index in [1.165, 1.54) is 12.1 Å². The lowest BCUT2D eigenvalue weighted by Gasteiger charge is -2.09.